The SMILES string of the molecule is CC(=O)O[C@H]1C[C@@H](OC(C)=O)[C@]2(C)[C@H]3CC[C@@H]4C5=CC(C)(C)CC[C@]5(C)CC[C@@]4(C)[C@]3(C)CC[C@H]2C1(C)C. The summed E-state index contributed by atoms with van der Waals surface area (Å²) in [5.74, 6) is 0.984. The monoisotopic (exact) mass is 526 g/mol. The lowest BCUT2D eigenvalue weighted by molar-refractivity contribution is -0.268. The molecule has 0 aromatic carbocycles. The summed E-state index contributed by atoms with van der Waals surface area (Å²) in [4.78, 5) is 24.6. The quantitative estimate of drug-likeness (QED) is 0.268. The maximum atomic E-state index is 12.5. The summed E-state index contributed by atoms with van der Waals surface area (Å²) in [5.41, 5.74) is 2.51. The largest absolute Gasteiger partial charge is 0.462 e. The molecular formula is C34H54O4. The van der Waals surface area contributed by atoms with Gasteiger partial charge >= 0.3 is 11.9 Å². The van der Waals surface area contributed by atoms with Gasteiger partial charge in [0, 0.05) is 31.1 Å². The van der Waals surface area contributed by atoms with E-state index in [9.17, 15) is 9.59 Å². The first-order valence-electron chi connectivity index (χ1n) is 15.5. The highest BCUT2D eigenvalue weighted by Crippen LogP contribution is 2.76. The highest BCUT2D eigenvalue weighted by Gasteiger charge is 2.71. The average Bonchev–Trinajstić information content (AvgIpc) is 2.78. The molecule has 0 amide bonds. The van der Waals surface area contributed by atoms with Gasteiger partial charge in [-0.2, -0.15) is 0 Å². The van der Waals surface area contributed by atoms with Crippen molar-refractivity contribution in [2.45, 2.75) is 139 Å². The van der Waals surface area contributed by atoms with Crippen LogP contribution < -0.4 is 0 Å². The first-order valence-corrected chi connectivity index (χ1v) is 15.5. The number of hydrogen-bond acceptors (Lipinski definition) is 4. The number of hydrogen-bond donors (Lipinski definition) is 0. The molecule has 0 bridgehead atoms. The minimum atomic E-state index is -0.240. The van der Waals surface area contributed by atoms with Crippen LogP contribution in [0.1, 0.15) is 127 Å². The lowest BCUT2D eigenvalue weighted by Gasteiger charge is -2.73. The van der Waals surface area contributed by atoms with Crippen LogP contribution in [0.2, 0.25) is 0 Å². The minimum Gasteiger partial charge on any atom is -0.462 e. The van der Waals surface area contributed by atoms with E-state index in [0.717, 1.165) is 6.42 Å². The number of ether oxygens (including phenoxy) is 2. The van der Waals surface area contributed by atoms with E-state index >= 15 is 0 Å². The number of fused-ring (bicyclic) bond motifs is 7. The summed E-state index contributed by atoms with van der Waals surface area (Å²) in [6, 6.07) is 0. The number of esters is 2. The summed E-state index contributed by atoms with van der Waals surface area (Å²) in [6.45, 7) is 22.7. The third-order valence-electron chi connectivity index (χ3n) is 13.6. The highest BCUT2D eigenvalue weighted by atomic mass is 16.6. The Morgan fingerprint density at radius 1 is 0.711 bits per heavy atom. The van der Waals surface area contributed by atoms with Gasteiger partial charge < -0.3 is 9.47 Å². The molecule has 0 heterocycles. The summed E-state index contributed by atoms with van der Waals surface area (Å²) in [7, 11) is 0. The molecule has 9 atom stereocenters. The first kappa shape index (κ1) is 28.2. The van der Waals surface area contributed by atoms with Crippen LogP contribution >= 0.6 is 0 Å². The zero-order valence-corrected chi connectivity index (χ0v) is 26.0. The molecule has 4 fully saturated rings. The van der Waals surface area contributed by atoms with Crippen molar-refractivity contribution in [2.24, 2.45) is 50.2 Å². The lowest BCUT2D eigenvalue weighted by atomic mass is 9.32. The van der Waals surface area contributed by atoms with E-state index in [1.807, 2.05) is 0 Å². The standard InChI is InChI=1S/C34H54O4/c1-21(35)37-27-19-28(38-22(2)36)34(10)25(30(27,5)6)13-14-33(9)26(34)12-11-23-24-20-29(3,4)15-16-31(24,7)17-18-32(23,33)8/h20,23,25-28H,11-19H2,1-10H3/t23-,25+,26+,27+,28-,31-,32-,33-,34+/m1/s1. The number of allylic oxidation sites excluding steroid dienone is 2. The van der Waals surface area contributed by atoms with Crippen molar-refractivity contribution >= 4 is 11.9 Å². The van der Waals surface area contributed by atoms with Gasteiger partial charge in [0.25, 0.3) is 0 Å². The van der Waals surface area contributed by atoms with Gasteiger partial charge in [-0.15, -0.1) is 0 Å². The van der Waals surface area contributed by atoms with E-state index < -0.39 is 0 Å². The number of carbonyl (C=O) groups excluding carboxylic acids is 2. The summed E-state index contributed by atoms with van der Waals surface area (Å²) in [5, 5.41) is 0. The molecule has 0 radical (unpaired) electrons. The van der Waals surface area contributed by atoms with Gasteiger partial charge in [-0.05, 0) is 90.8 Å². The zero-order valence-electron chi connectivity index (χ0n) is 26.0. The molecule has 5 rings (SSSR count). The second-order valence-corrected chi connectivity index (χ2v) is 16.4. The maximum absolute atomic E-state index is 12.5. The zero-order chi connectivity index (χ0) is 28.1. The van der Waals surface area contributed by atoms with Gasteiger partial charge in [-0.1, -0.05) is 67.0 Å². The van der Waals surface area contributed by atoms with E-state index in [1.54, 1.807) is 12.5 Å². The van der Waals surface area contributed by atoms with Crippen LogP contribution in [0, 0.1) is 50.2 Å². The molecule has 0 aliphatic heterocycles. The Hall–Kier alpha value is -1.32. The molecule has 0 N–H and O–H groups in total. The van der Waals surface area contributed by atoms with E-state index in [1.165, 1.54) is 51.9 Å². The van der Waals surface area contributed by atoms with Crippen LogP contribution in [0.4, 0.5) is 0 Å². The average molecular weight is 527 g/mol. The van der Waals surface area contributed by atoms with Crippen LogP contribution in [-0.4, -0.2) is 24.1 Å². The molecule has 0 saturated heterocycles. The van der Waals surface area contributed by atoms with Gasteiger partial charge in [0.1, 0.15) is 12.2 Å². The van der Waals surface area contributed by atoms with Crippen molar-refractivity contribution in [1.29, 1.82) is 0 Å². The molecule has 0 aromatic heterocycles. The fourth-order valence-corrected chi connectivity index (χ4v) is 11.3. The van der Waals surface area contributed by atoms with Crippen molar-refractivity contribution in [3.05, 3.63) is 11.6 Å². The van der Waals surface area contributed by atoms with Crippen LogP contribution in [0.3, 0.4) is 0 Å². The molecule has 0 unspecified atom stereocenters. The topological polar surface area (TPSA) is 52.6 Å². The van der Waals surface area contributed by atoms with Crippen molar-refractivity contribution < 1.29 is 19.1 Å². The van der Waals surface area contributed by atoms with Gasteiger partial charge in [0.2, 0.25) is 0 Å². The third-order valence-corrected chi connectivity index (χ3v) is 13.6. The Labute approximate surface area is 232 Å². The van der Waals surface area contributed by atoms with Gasteiger partial charge in [0.15, 0.2) is 0 Å². The van der Waals surface area contributed by atoms with Crippen LogP contribution in [0.15, 0.2) is 11.6 Å². The normalized spacial score (nSPS) is 48.8. The predicted octanol–water partition coefficient (Wildman–Crippen LogP) is 8.28. The molecule has 0 spiro atoms. The minimum absolute atomic E-state index is 0.145. The number of carbonyl (C=O) groups is 2. The van der Waals surface area contributed by atoms with Crippen molar-refractivity contribution in [1.82, 2.24) is 0 Å². The van der Waals surface area contributed by atoms with E-state index in [2.05, 4.69) is 61.5 Å². The molecule has 5 aliphatic rings. The lowest BCUT2D eigenvalue weighted by Crippen LogP contribution is -2.69. The molecule has 214 valence electrons. The molecular weight excluding hydrogens is 472 g/mol. The molecule has 4 saturated carbocycles. The highest BCUT2D eigenvalue weighted by molar-refractivity contribution is 5.67. The maximum Gasteiger partial charge on any atom is 0.302 e. The van der Waals surface area contributed by atoms with Crippen molar-refractivity contribution in [3.63, 3.8) is 0 Å². The second-order valence-electron chi connectivity index (χ2n) is 16.4. The predicted molar refractivity (Wildman–Crippen MR) is 151 cm³/mol. The summed E-state index contributed by atoms with van der Waals surface area (Å²) in [6.07, 6.45) is 12.7. The van der Waals surface area contributed by atoms with Crippen LogP contribution in [-0.2, 0) is 19.1 Å². The van der Waals surface area contributed by atoms with E-state index in [-0.39, 0.29) is 51.2 Å². The Morgan fingerprint density at radius 3 is 1.95 bits per heavy atom. The van der Waals surface area contributed by atoms with Crippen LogP contribution in [0.5, 0.6) is 0 Å². The molecule has 0 aromatic rings. The van der Waals surface area contributed by atoms with Gasteiger partial charge in [-0.3, -0.25) is 9.59 Å². The summed E-state index contributed by atoms with van der Waals surface area (Å²) < 4.78 is 12.2. The molecule has 5 aliphatic carbocycles. The molecule has 38 heavy (non-hydrogen) atoms. The fourth-order valence-electron chi connectivity index (χ4n) is 11.3. The van der Waals surface area contributed by atoms with Gasteiger partial charge in [0.05, 0.1) is 0 Å². The first-order chi connectivity index (χ1) is 17.4. The molecule has 4 heteroatoms. The summed E-state index contributed by atoms with van der Waals surface area (Å²) >= 11 is 0. The fraction of sp³-hybridized carbons (Fsp3) is 0.882. The number of rotatable bonds is 2. The van der Waals surface area contributed by atoms with Crippen molar-refractivity contribution in [3.8, 4) is 0 Å². The van der Waals surface area contributed by atoms with Crippen LogP contribution in [0.25, 0.3) is 0 Å². The van der Waals surface area contributed by atoms with E-state index in [0.29, 0.717) is 29.6 Å². The van der Waals surface area contributed by atoms with Crippen molar-refractivity contribution in [2.75, 3.05) is 0 Å². The second kappa shape index (κ2) is 8.59. The smallest absolute Gasteiger partial charge is 0.302 e. The Bertz CT molecular complexity index is 1040. The van der Waals surface area contributed by atoms with E-state index in [4.69, 9.17) is 9.47 Å². The third kappa shape index (κ3) is 3.80. The Morgan fingerprint density at radius 2 is 1.32 bits per heavy atom. The Balaban J connectivity index is 1.58. The van der Waals surface area contributed by atoms with Gasteiger partial charge in [-0.25, -0.2) is 0 Å². The Kier molecular flexibility index (Phi) is 6.38. The molecule has 4 nitrogen and oxygen atoms in total.